The summed E-state index contributed by atoms with van der Waals surface area (Å²) in [5.41, 5.74) is 1.57. The maximum atomic E-state index is 6.16. The number of allylic oxidation sites excluding steroid dienone is 2. The van der Waals surface area contributed by atoms with Gasteiger partial charge in [0.25, 0.3) is 0 Å². The third kappa shape index (κ3) is 4.96. The molecule has 0 aromatic carbocycles. The maximum Gasteiger partial charge on any atom is 0.184 e. The average molecular weight is 212 g/mol. The minimum Gasteiger partial charge on any atom is -0.415 e. The van der Waals surface area contributed by atoms with Gasteiger partial charge in [-0.2, -0.15) is 0 Å². The lowest BCUT2D eigenvalue weighted by Gasteiger charge is -2.27. The first-order valence-electron chi connectivity index (χ1n) is 5.81. The maximum absolute atomic E-state index is 6.16. The zero-order chi connectivity index (χ0) is 10.6. The van der Waals surface area contributed by atoms with Gasteiger partial charge in [0.2, 0.25) is 0 Å². The normalized spacial score (nSPS) is 25.1. The predicted octanol–water partition coefficient (Wildman–Crippen LogP) is 4.12. The van der Waals surface area contributed by atoms with Crippen molar-refractivity contribution in [2.24, 2.45) is 0 Å². The highest BCUT2D eigenvalue weighted by atomic mass is 28.4. The smallest absolute Gasteiger partial charge is 0.184 e. The minimum atomic E-state index is -1.32. The average Bonchev–Trinajstić information content (AvgIpc) is 1.97. The zero-order valence-corrected chi connectivity index (χ0v) is 11.1. The van der Waals surface area contributed by atoms with Crippen LogP contribution in [-0.4, -0.2) is 14.4 Å². The third-order valence-corrected chi connectivity index (χ3v) is 3.64. The second-order valence-corrected chi connectivity index (χ2v) is 9.83. The standard InChI is InChI=1S/C12H24OSi/c1-11-7-5-9-12(10-6-8-11)13-14(2,3)4/h7,12H,5-6,8-10H2,1-4H3. The highest BCUT2D eigenvalue weighted by molar-refractivity contribution is 6.69. The van der Waals surface area contributed by atoms with Gasteiger partial charge in [0.15, 0.2) is 8.32 Å². The summed E-state index contributed by atoms with van der Waals surface area (Å²) < 4.78 is 6.16. The lowest BCUT2D eigenvalue weighted by molar-refractivity contribution is 0.170. The van der Waals surface area contributed by atoms with Gasteiger partial charge >= 0.3 is 0 Å². The Bertz CT molecular complexity index is 203. The van der Waals surface area contributed by atoms with Gasteiger partial charge < -0.3 is 4.43 Å². The molecule has 2 heteroatoms. The summed E-state index contributed by atoms with van der Waals surface area (Å²) in [6, 6.07) is 0. The van der Waals surface area contributed by atoms with Gasteiger partial charge in [-0.05, 0) is 58.7 Å². The molecule has 14 heavy (non-hydrogen) atoms. The first-order chi connectivity index (χ1) is 6.47. The van der Waals surface area contributed by atoms with Crippen LogP contribution < -0.4 is 0 Å². The van der Waals surface area contributed by atoms with E-state index in [1.807, 2.05) is 0 Å². The second-order valence-electron chi connectivity index (χ2n) is 5.37. The van der Waals surface area contributed by atoms with Crippen molar-refractivity contribution in [2.45, 2.75) is 64.8 Å². The molecule has 0 aliphatic heterocycles. The van der Waals surface area contributed by atoms with E-state index < -0.39 is 8.32 Å². The number of hydrogen-bond acceptors (Lipinski definition) is 1. The zero-order valence-electron chi connectivity index (χ0n) is 10.1. The van der Waals surface area contributed by atoms with E-state index in [1.165, 1.54) is 32.1 Å². The summed E-state index contributed by atoms with van der Waals surface area (Å²) in [6.07, 6.45) is 9.19. The van der Waals surface area contributed by atoms with Crippen LogP contribution >= 0.6 is 0 Å². The molecule has 0 amide bonds. The summed E-state index contributed by atoms with van der Waals surface area (Å²) in [5.74, 6) is 0. The lowest BCUT2D eigenvalue weighted by atomic mass is 9.99. The first-order valence-corrected chi connectivity index (χ1v) is 9.22. The van der Waals surface area contributed by atoms with Gasteiger partial charge in [-0.15, -0.1) is 0 Å². The molecule has 0 aromatic rings. The van der Waals surface area contributed by atoms with Crippen LogP contribution in [0.5, 0.6) is 0 Å². The molecule has 1 aliphatic rings. The Hall–Kier alpha value is -0.0831. The Morgan fingerprint density at radius 3 is 2.64 bits per heavy atom. The molecule has 0 saturated heterocycles. The molecule has 0 fully saturated rings. The van der Waals surface area contributed by atoms with E-state index in [1.54, 1.807) is 5.57 Å². The van der Waals surface area contributed by atoms with E-state index in [0.29, 0.717) is 6.10 Å². The van der Waals surface area contributed by atoms with E-state index in [-0.39, 0.29) is 0 Å². The summed E-state index contributed by atoms with van der Waals surface area (Å²) in [6.45, 7) is 9.10. The van der Waals surface area contributed by atoms with Crippen LogP contribution in [0.2, 0.25) is 19.6 Å². The van der Waals surface area contributed by atoms with E-state index in [4.69, 9.17) is 4.43 Å². The fourth-order valence-corrected chi connectivity index (χ4v) is 3.22. The Labute approximate surface area is 89.7 Å². The lowest BCUT2D eigenvalue weighted by Crippen LogP contribution is -2.32. The van der Waals surface area contributed by atoms with Crippen LogP contribution in [0.25, 0.3) is 0 Å². The van der Waals surface area contributed by atoms with E-state index in [9.17, 15) is 0 Å². The van der Waals surface area contributed by atoms with Gasteiger partial charge in [0.05, 0.1) is 0 Å². The van der Waals surface area contributed by atoms with Crippen LogP contribution in [0.1, 0.15) is 39.0 Å². The van der Waals surface area contributed by atoms with Crippen LogP contribution in [0, 0.1) is 0 Å². The van der Waals surface area contributed by atoms with Crippen molar-refractivity contribution in [2.75, 3.05) is 0 Å². The van der Waals surface area contributed by atoms with Crippen molar-refractivity contribution in [1.82, 2.24) is 0 Å². The molecule has 0 heterocycles. The van der Waals surface area contributed by atoms with Crippen molar-refractivity contribution >= 4 is 8.32 Å². The van der Waals surface area contributed by atoms with E-state index in [0.717, 1.165) is 0 Å². The van der Waals surface area contributed by atoms with Crippen molar-refractivity contribution in [3.63, 3.8) is 0 Å². The molecular formula is C12H24OSi. The van der Waals surface area contributed by atoms with E-state index >= 15 is 0 Å². The summed E-state index contributed by atoms with van der Waals surface area (Å²) >= 11 is 0. The summed E-state index contributed by atoms with van der Waals surface area (Å²) in [5, 5.41) is 0. The van der Waals surface area contributed by atoms with Crippen LogP contribution in [0.15, 0.2) is 11.6 Å². The van der Waals surface area contributed by atoms with Crippen molar-refractivity contribution in [1.29, 1.82) is 0 Å². The van der Waals surface area contributed by atoms with Gasteiger partial charge in [-0.1, -0.05) is 11.6 Å². The van der Waals surface area contributed by atoms with Crippen LogP contribution in [0.3, 0.4) is 0 Å². The highest BCUT2D eigenvalue weighted by Gasteiger charge is 2.20. The summed E-state index contributed by atoms with van der Waals surface area (Å²) in [7, 11) is -1.32. The summed E-state index contributed by atoms with van der Waals surface area (Å²) in [4.78, 5) is 0. The quantitative estimate of drug-likeness (QED) is 0.494. The second kappa shape index (κ2) is 5.13. The van der Waals surface area contributed by atoms with Crippen molar-refractivity contribution in [3.05, 3.63) is 11.6 Å². The van der Waals surface area contributed by atoms with Gasteiger partial charge in [-0.3, -0.25) is 0 Å². The topological polar surface area (TPSA) is 9.23 Å². The Morgan fingerprint density at radius 2 is 2.00 bits per heavy atom. The molecule has 0 radical (unpaired) electrons. The SMILES string of the molecule is CC1=CCCC(O[Si](C)(C)C)CCC1. The molecule has 1 nitrogen and oxygen atoms in total. The fourth-order valence-electron chi connectivity index (χ4n) is 1.99. The Morgan fingerprint density at radius 1 is 1.29 bits per heavy atom. The number of rotatable bonds is 2. The molecule has 0 aromatic heterocycles. The minimum absolute atomic E-state index is 0.533. The molecular weight excluding hydrogens is 188 g/mol. The van der Waals surface area contributed by atoms with E-state index in [2.05, 4.69) is 32.6 Å². The Kier molecular flexibility index (Phi) is 4.39. The molecule has 1 rings (SSSR count). The molecule has 82 valence electrons. The molecule has 0 bridgehead atoms. The first kappa shape index (κ1) is 12.0. The predicted molar refractivity (Wildman–Crippen MR) is 65.1 cm³/mol. The van der Waals surface area contributed by atoms with Crippen molar-refractivity contribution < 1.29 is 4.43 Å². The molecule has 1 unspecified atom stereocenters. The van der Waals surface area contributed by atoms with Crippen LogP contribution in [-0.2, 0) is 4.43 Å². The molecule has 1 aliphatic carbocycles. The molecule has 1 atom stereocenters. The van der Waals surface area contributed by atoms with Gasteiger partial charge in [0, 0.05) is 6.10 Å². The largest absolute Gasteiger partial charge is 0.415 e. The molecule has 0 spiro atoms. The Balaban J connectivity index is 2.41. The molecule has 0 saturated carbocycles. The van der Waals surface area contributed by atoms with Gasteiger partial charge in [0.1, 0.15) is 0 Å². The van der Waals surface area contributed by atoms with Gasteiger partial charge in [-0.25, -0.2) is 0 Å². The highest BCUT2D eigenvalue weighted by Crippen LogP contribution is 2.22. The van der Waals surface area contributed by atoms with Crippen molar-refractivity contribution in [3.8, 4) is 0 Å². The van der Waals surface area contributed by atoms with Crippen LogP contribution in [0.4, 0.5) is 0 Å². The molecule has 0 N–H and O–H groups in total. The fraction of sp³-hybridized carbons (Fsp3) is 0.833. The number of hydrogen-bond donors (Lipinski definition) is 0. The third-order valence-electron chi connectivity index (χ3n) is 2.60. The monoisotopic (exact) mass is 212 g/mol.